The Bertz CT molecular complexity index is 291. The molecule has 1 fully saturated rings. The third-order valence-electron chi connectivity index (χ3n) is 2.70. The van der Waals surface area contributed by atoms with E-state index in [1.54, 1.807) is 18.5 Å². The molecular formula is C10H14FN3. The summed E-state index contributed by atoms with van der Waals surface area (Å²) in [4.78, 5) is 10.1. The van der Waals surface area contributed by atoms with Crippen LogP contribution in [0.15, 0.2) is 18.5 Å². The minimum atomic E-state index is -0.757. The van der Waals surface area contributed by atoms with E-state index in [9.17, 15) is 4.39 Å². The summed E-state index contributed by atoms with van der Waals surface area (Å²) in [5.41, 5.74) is 0. The second-order valence-corrected chi connectivity index (χ2v) is 3.78. The van der Waals surface area contributed by atoms with Crippen LogP contribution in [0.1, 0.15) is 13.3 Å². The van der Waals surface area contributed by atoms with Gasteiger partial charge in [-0.25, -0.2) is 14.4 Å². The van der Waals surface area contributed by atoms with Crippen LogP contribution < -0.4 is 4.90 Å². The van der Waals surface area contributed by atoms with Crippen molar-refractivity contribution in [2.24, 2.45) is 5.92 Å². The zero-order chi connectivity index (χ0) is 9.97. The fraction of sp³-hybridized carbons (Fsp3) is 0.600. The largest absolute Gasteiger partial charge is 0.338 e. The molecular weight excluding hydrogens is 181 g/mol. The predicted octanol–water partition coefficient (Wildman–Crippen LogP) is 1.66. The Morgan fingerprint density at radius 1 is 1.43 bits per heavy atom. The van der Waals surface area contributed by atoms with Crippen LogP contribution in [0.25, 0.3) is 0 Å². The molecule has 0 spiro atoms. The molecule has 1 aromatic heterocycles. The fourth-order valence-corrected chi connectivity index (χ4v) is 1.66. The van der Waals surface area contributed by atoms with Gasteiger partial charge in [0, 0.05) is 18.9 Å². The molecule has 3 nitrogen and oxygen atoms in total. The first-order valence-corrected chi connectivity index (χ1v) is 4.93. The van der Waals surface area contributed by atoms with Gasteiger partial charge in [-0.15, -0.1) is 0 Å². The van der Waals surface area contributed by atoms with Crippen LogP contribution >= 0.6 is 0 Å². The van der Waals surface area contributed by atoms with Crippen LogP contribution in [-0.2, 0) is 0 Å². The summed E-state index contributed by atoms with van der Waals surface area (Å²) < 4.78 is 13.4. The lowest BCUT2D eigenvalue weighted by Gasteiger charge is -2.32. The maximum Gasteiger partial charge on any atom is 0.225 e. The first-order chi connectivity index (χ1) is 6.77. The van der Waals surface area contributed by atoms with Gasteiger partial charge in [0.25, 0.3) is 0 Å². The van der Waals surface area contributed by atoms with Crippen molar-refractivity contribution in [3.05, 3.63) is 18.5 Å². The summed E-state index contributed by atoms with van der Waals surface area (Å²) >= 11 is 0. The fourth-order valence-electron chi connectivity index (χ4n) is 1.66. The summed E-state index contributed by atoms with van der Waals surface area (Å²) in [7, 11) is 0. The van der Waals surface area contributed by atoms with E-state index in [-0.39, 0.29) is 5.92 Å². The number of nitrogens with zero attached hydrogens (tertiary/aromatic N) is 3. The Balaban J connectivity index is 2.07. The summed E-state index contributed by atoms with van der Waals surface area (Å²) in [5.74, 6) is 0.803. The predicted molar refractivity (Wildman–Crippen MR) is 52.9 cm³/mol. The molecule has 14 heavy (non-hydrogen) atoms. The molecule has 2 atom stereocenters. The van der Waals surface area contributed by atoms with Crippen LogP contribution in [0.3, 0.4) is 0 Å². The summed E-state index contributed by atoms with van der Waals surface area (Å²) in [6, 6.07) is 1.77. The van der Waals surface area contributed by atoms with Gasteiger partial charge in [-0.05, 0) is 18.4 Å². The van der Waals surface area contributed by atoms with Gasteiger partial charge < -0.3 is 4.90 Å². The Kier molecular flexibility index (Phi) is 2.61. The van der Waals surface area contributed by atoms with Gasteiger partial charge >= 0.3 is 0 Å². The molecule has 0 saturated carbocycles. The molecule has 0 unspecified atom stereocenters. The first kappa shape index (κ1) is 9.37. The van der Waals surface area contributed by atoms with Crippen molar-refractivity contribution < 1.29 is 4.39 Å². The minimum absolute atomic E-state index is 0.162. The van der Waals surface area contributed by atoms with E-state index in [0.717, 1.165) is 13.0 Å². The van der Waals surface area contributed by atoms with Crippen molar-refractivity contribution in [1.29, 1.82) is 0 Å². The topological polar surface area (TPSA) is 29.0 Å². The van der Waals surface area contributed by atoms with Gasteiger partial charge in [0.15, 0.2) is 0 Å². The number of rotatable bonds is 1. The molecule has 2 rings (SSSR count). The third kappa shape index (κ3) is 1.84. The van der Waals surface area contributed by atoms with E-state index in [1.165, 1.54) is 0 Å². The Morgan fingerprint density at radius 2 is 2.14 bits per heavy atom. The maximum absolute atomic E-state index is 13.4. The van der Waals surface area contributed by atoms with Crippen molar-refractivity contribution in [1.82, 2.24) is 9.97 Å². The van der Waals surface area contributed by atoms with E-state index in [2.05, 4.69) is 9.97 Å². The highest BCUT2D eigenvalue weighted by atomic mass is 19.1. The maximum atomic E-state index is 13.4. The standard InChI is InChI=1S/C10H14FN3/c1-8-3-6-14(7-9(8)11)10-12-4-2-5-13-10/h2,4-5,8-9H,3,6-7H2,1H3/t8-,9+/m1/s1. The third-order valence-corrected chi connectivity index (χ3v) is 2.70. The highest BCUT2D eigenvalue weighted by Gasteiger charge is 2.26. The lowest BCUT2D eigenvalue weighted by atomic mass is 9.97. The second kappa shape index (κ2) is 3.90. The molecule has 1 aliphatic heterocycles. The highest BCUT2D eigenvalue weighted by molar-refractivity contribution is 5.29. The summed E-state index contributed by atoms with van der Waals surface area (Å²) in [5, 5.41) is 0. The van der Waals surface area contributed by atoms with E-state index in [4.69, 9.17) is 0 Å². The van der Waals surface area contributed by atoms with Crippen LogP contribution in [-0.4, -0.2) is 29.2 Å². The van der Waals surface area contributed by atoms with Crippen molar-refractivity contribution in [3.8, 4) is 0 Å². The average molecular weight is 195 g/mol. The van der Waals surface area contributed by atoms with E-state index < -0.39 is 6.17 Å². The Labute approximate surface area is 83.0 Å². The summed E-state index contributed by atoms with van der Waals surface area (Å²) in [6.07, 6.45) is 3.49. The number of aromatic nitrogens is 2. The molecule has 0 amide bonds. The minimum Gasteiger partial charge on any atom is -0.338 e. The average Bonchev–Trinajstić information content (AvgIpc) is 2.23. The molecule has 1 aromatic rings. The lowest BCUT2D eigenvalue weighted by Crippen LogP contribution is -2.41. The first-order valence-electron chi connectivity index (χ1n) is 4.93. The van der Waals surface area contributed by atoms with Gasteiger partial charge in [-0.3, -0.25) is 0 Å². The molecule has 4 heteroatoms. The quantitative estimate of drug-likeness (QED) is 0.682. The zero-order valence-corrected chi connectivity index (χ0v) is 8.23. The van der Waals surface area contributed by atoms with E-state index in [0.29, 0.717) is 12.5 Å². The number of anilines is 1. The van der Waals surface area contributed by atoms with Gasteiger partial charge in [0.2, 0.25) is 5.95 Å². The lowest BCUT2D eigenvalue weighted by molar-refractivity contribution is 0.210. The van der Waals surface area contributed by atoms with Gasteiger partial charge in [0.05, 0.1) is 6.54 Å². The molecule has 0 bridgehead atoms. The number of alkyl halides is 1. The van der Waals surface area contributed by atoms with Crippen LogP contribution in [0, 0.1) is 5.92 Å². The van der Waals surface area contributed by atoms with Crippen LogP contribution in [0.2, 0.25) is 0 Å². The second-order valence-electron chi connectivity index (χ2n) is 3.78. The zero-order valence-electron chi connectivity index (χ0n) is 8.23. The molecule has 0 N–H and O–H groups in total. The molecule has 0 aromatic carbocycles. The smallest absolute Gasteiger partial charge is 0.225 e. The molecule has 0 aliphatic carbocycles. The molecule has 76 valence electrons. The molecule has 0 radical (unpaired) electrons. The number of piperidine rings is 1. The monoisotopic (exact) mass is 195 g/mol. The van der Waals surface area contributed by atoms with Crippen LogP contribution in [0.4, 0.5) is 10.3 Å². The van der Waals surface area contributed by atoms with Crippen LogP contribution in [0.5, 0.6) is 0 Å². The molecule has 1 aliphatic rings. The van der Waals surface area contributed by atoms with E-state index >= 15 is 0 Å². The Morgan fingerprint density at radius 3 is 2.79 bits per heavy atom. The summed E-state index contributed by atoms with van der Waals surface area (Å²) in [6.45, 7) is 3.23. The number of halogens is 1. The number of hydrogen-bond donors (Lipinski definition) is 0. The van der Waals surface area contributed by atoms with Crippen molar-refractivity contribution >= 4 is 5.95 Å². The van der Waals surface area contributed by atoms with E-state index in [1.807, 2.05) is 11.8 Å². The van der Waals surface area contributed by atoms with Crippen molar-refractivity contribution in [2.75, 3.05) is 18.0 Å². The van der Waals surface area contributed by atoms with Gasteiger partial charge in [-0.2, -0.15) is 0 Å². The SMILES string of the molecule is C[C@@H]1CCN(c2ncccn2)C[C@@H]1F. The molecule has 1 saturated heterocycles. The van der Waals surface area contributed by atoms with Gasteiger partial charge in [0.1, 0.15) is 6.17 Å². The van der Waals surface area contributed by atoms with Gasteiger partial charge in [-0.1, -0.05) is 6.92 Å². The molecule has 2 heterocycles. The Hall–Kier alpha value is -1.19. The van der Waals surface area contributed by atoms with Crippen molar-refractivity contribution in [3.63, 3.8) is 0 Å². The normalized spacial score (nSPS) is 27.7. The van der Waals surface area contributed by atoms with Crippen molar-refractivity contribution in [2.45, 2.75) is 19.5 Å². The number of hydrogen-bond acceptors (Lipinski definition) is 3. The highest BCUT2D eigenvalue weighted by Crippen LogP contribution is 2.22.